The van der Waals surface area contributed by atoms with Crippen LogP contribution in [-0.2, 0) is 4.74 Å². The molecule has 0 rings (SSSR count). The number of halogens is 1. The van der Waals surface area contributed by atoms with Crippen LogP contribution >= 0.6 is 11.6 Å². The van der Waals surface area contributed by atoms with Crippen molar-refractivity contribution >= 4 is 11.6 Å². The molecule has 80 valence electrons. The summed E-state index contributed by atoms with van der Waals surface area (Å²) in [5.41, 5.74) is 0.216. The maximum Gasteiger partial charge on any atom is 0.0598 e. The van der Waals surface area contributed by atoms with Crippen LogP contribution in [0.25, 0.3) is 0 Å². The molecular weight excluding hydrogens is 184 g/mol. The van der Waals surface area contributed by atoms with Gasteiger partial charge in [0.2, 0.25) is 0 Å². The predicted molar refractivity (Wildman–Crippen MR) is 59.4 cm³/mol. The van der Waals surface area contributed by atoms with Gasteiger partial charge in [-0.3, -0.25) is 0 Å². The van der Waals surface area contributed by atoms with Gasteiger partial charge in [0.15, 0.2) is 0 Å². The molecule has 1 atom stereocenters. The minimum absolute atomic E-state index is 0.0268. The van der Waals surface area contributed by atoms with E-state index in [1.807, 2.05) is 0 Å². The van der Waals surface area contributed by atoms with Gasteiger partial charge in [0.1, 0.15) is 0 Å². The fraction of sp³-hybridized carbons (Fsp3) is 1.00. The SMILES string of the molecule is CCC(C)(CCl)CCOC(C)(C)C. The second-order valence-electron chi connectivity index (χ2n) is 5.01. The summed E-state index contributed by atoms with van der Waals surface area (Å²) in [6.45, 7) is 11.4. The van der Waals surface area contributed by atoms with Gasteiger partial charge in [-0.25, -0.2) is 0 Å². The number of rotatable bonds is 5. The summed E-state index contributed by atoms with van der Waals surface area (Å²) < 4.78 is 5.67. The standard InChI is InChI=1S/C11H23ClO/c1-6-11(5,9-12)7-8-13-10(2,3)4/h6-9H2,1-5H3. The quantitative estimate of drug-likeness (QED) is 0.621. The van der Waals surface area contributed by atoms with E-state index in [0.717, 1.165) is 25.3 Å². The molecule has 0 radical (unpaired) electrons. The Balaban J connectivity index is 3.74. The lowest BCUT2D eigenvalue weighted by Crippen LogP contribution is -2.25. The van der Waals surface area contributed by atoms with Crippen molar-refractivity contribution in [1.29, 1.82) is 0 Å². The van der Waals surface area contributed by atoms with E-state index in [1.54, 1.807) is 0 Å². The molecule has 0 heterocycles. The third-order valence-corrected chi connectivity index (χ3v) is 3.06. The Morgan fingerprint density at radius 3 is 2.00 bits per heavy atom. The van der Waals surface area contributed by atoms with E-state index < -0.39 is 0 Å². The minimum Gasteiger partial charge on any atom is -0.376 e. The monoisotopic (exact) mass is 206 g/mol. The molecule has 2 heteroatoms. The van der Waals surface area contributed by atoms with Crippen molar-refractivity contribution in [3.63, 3.8) is 0 Å². The Labute approximate surface area is 87.8 Å². The number of ether oxygens (including phenoxy) is 1. The van der Waals surface area contributed by atoms with Gasteiger partial charge in [-0.1, -0.05) is 13.8 Å². The molecule has 0 saturated heterocycles. The normalized spacial score (nSPS) is 17.1. The Morgan fingerprint density at radius 1 is 1.15 bits per heavy atom. The summed E-state index contributed by atoms with van der Waals surface area (Å²) in [7, 11) is 0. The van der Waals surface area contributed by atoms with Crippen LogP contribution in [0.5, 0.6) is 0 Å². The van der Waals surface area contributed by atoms with E-state index in [2.05, 4.69) is 34.6 Å². The summed E-state index contributed by atoms with van der Waals surface area (Å²) in [6, 6.07) is 0. The van der Waals surface area contributed by atoms with Crippen molar-refractivity contribution in [2.75, 3.05) is 12.5 Å². The second kappa shape index (κ2) is 5.21. The van der Waals surface area contributed by atoms with Crippen LogP contribution in [0.15, 0.2) is 0 Å². The molecule has 0 aromatic carbocycles. The van der Waals surface area contributed by atoms with Crippen LogP contribution in [0.4, 0.5) is 0 Å². The molecular formula is C11H23ClO. The van der Waals surface area contributed by atoms with Crippen LogP contribution in [0.2, 0.25) is 0 Å². The van der Waals surface area contributed by atoms with E-state index in [-0.39, 0.29) is 11.0 Å². The highest BCUT2D eigenvalue weighted by molar-refractivity contribution is 6.18. The van der Waals surface area contributed by atoms with Crippen molar-refractivity contribution in [2.24, 2.45) is 5.41 Å². The zero-order chi connectivity index (χ0) is 10.5. The van der Waals surface area contributed by atoms with E-state index in [1.165, 1.54) is 0 Å². The molecule has 0 aliphatic heterocycles. The van der Waals surface area contributed by atoms with Crippen LogP contribution in [0.1, 0.15) is 47.5 Å². The number of alkyl halides is 1. The van der Waals surface area contributed by atoms with E-state index in [9.17, 15) is 0 Å². The van der Waals surface area contributed by atoms with E-state index in [0.29, 0.717) is 0 Å². The molecule has 1 nitrogen and oxygen atoms in total. The maximum absolute atomic E-state index is 5.90. The lowest BCUT2D eigenvalue weighted by atomic mass is 9.86. The highest BCUT2D eigenvalue weighted by atomic mass is 35.5. The maximum atomic E-state index is 5.90. The van der Waals surface area contributed by atoms with Gasteiger partial charge in [-0.15, -0.1) is 11.6 Å². The molecule has 0 saturated carbocycles. The van der Waals surface area contributed by atoms with Gasteiger partial charge < -0.3 is 4.74 Å². The minimum atomic E-state index is -0.0268. The Hall–Kier alpha value is 0.250. The molecule has 0 aliphatic rings. The topological polar surface area (TPSA) is 9.23 Å². The summed E-state index contributed by atoms with van der Waals surface area (Å²) in [5.74, 6) is 0.719. The highest BCUT2D eigenvalue weighted by Crippen LogP contribution is 2.27. The van der Waals surface area contributed by atoms with Crippen molar-refractivity contribution in [2.45, 2.75) is 53.1 Å². The third kappa shape index (κ3) is 6.34. The first-order chi connectivity index (χ1) is 5.83. The average Bonchev–Trinajstić information content (AvgIpc) is 2.02. The zero-order valence-corrected chi connectivity index (χ0v) is 10.4. The second-order valence-corrected chi connectivity index (χ2v) is 5.28. The van der Waals surface area contributed by atoms with Gasteiger partial charge in [0.25, 0.3) is 0 Å². The molecule has 0 N–H and O–H groups in total. The lowest BCUT2D eigenvalue weighted by molar-refractivity contribution is -0.0154. The lowest BCUT2D eigenvalue weighted by Gasteiger charge is -2.27. The number of hydrogen-bond donors (Lipinski definition) is 0. The molecule has 0 aliphatic carbocycles. The van der Waals surface area contributed by atoms with E-state index >= 15 is 0 Å². The van der Waals surface area contributed by atoms with Crippen molar-refractivity contribution < 1.29 is 4.74 Å². The van der Waals surface area contributed by atoms with Crippen LogP contribution in [-0.4, -0.2) is 18.1 Å². The largest absolute Gasteiger partial charge is 0.376 e. The van der Waals surface area contributed by atoms with Gasteiger partial charge in [0, 0.05) is 12.5 Å². The van der Waals surface area contributed by atoms with Crippen LogP contribution < -0.4 is 0 Å². The fourth-order valence-corrected chi connectivity index (χ4v) is 1.26. The van der Waals surface area contributed by atoms with Gasteiger partial charge in [0.05, 0.1) is 5.60 Å². The third-order valence-electron chi connectivity index (χ3n) is 2.42. The first-order valence-electron chi connectivity index (χ1n) is 5.03. The first kappa shape index (κ1) is 13.2. The first-order valence-corrected chi connectivity index (χ1v) is 5.56. The summed E-state index contributed by atoms with van der Waals surface area (Å²) >= 11 is 5.90. The molecule has 0 fully saturated rings. The summed E-state index contributed by atoms with van der Waals surface area (Å²) in [6.07, 6.45) is 2.16. The smallest absolute Gasteiger partial charge is 0.0598 e. The summed E-state index contributed by atoms with van der Waals surface area (Å²) in [4.78, 5) is 0. The van der Waals surface area contributed by atoms with Crippen LogP contribution in [0.3, 0.4) is 0 Å². The number of hydrogen-bond acceptors (Lipinski definition) is 1. The molecule has 0 amide bonds. The van der Waals surface area contributed by atoms with Gasteiger partial charge in [-0.2, -0.15) is 0 Å². The Morgan fingerprint density at radius 2 is 1.69 bits per heavy atom. The van der Waals surface area contributed by atoms with E-state index in [4.69, 9.17) is 16.3 Å². The fourth-order valence-electron chi connectivity index (χ4n) is 0.942. The Kier molecular flexibility index (Phi) is 5.31. The molecule has 0 aromatic rings. The van der Waals surface area contributed by atoms with Crippen molar-refractivity contribution in [3.8, 4) is 0 Å². The average molecular weight is 207 g/mol. The predicted octanol–water partition coefficient (Wildman–Crippen LogP) is 3.85. The van der Waals surface area contributed by atoms with Crippen LogP contribution in [0, 0.1) is 5.41 Å². The Bertz CT molecular complexity index is 134. The molecule has 1 unspecified atom stereocenters. The zero-order valence-electron chi connectivity index (χ0n) is 9.61. The molecule has 0 spiro atoms. The molecule has 0 bridgehead atoms. The van der Waals surface area contributed by atoms with Crippen molar-refractivity contribution in [3.05, 3.63) is 0 Å². The highest BCUT2D eigenvalue weighted by Gasteiger charge is 2.21. The summed E-state index contributed by atoms with van der Waals surface area (Å²) in [5, 5.41) is 0. The molecule has 0 aromatic heterocycles. The van der Waals surface area contributed by atoms with Gasteiger partial charge in [-0.05, 0) is 39.0 Å². The molecule has 13 heavy (non-hydrogen) atoms. The van der Waals surface area contributed by atoms with Gasteiger partial charge >= 0.3 is 0 Å². The van der Waals surface area contributed by atoms with Crippen molar-refractivity contribution in [1.82, 2.24) is 0 Å².